The number of pyridine rings is 1. The van der Waals surface area contributed by atoms with Crippen molar-refractivity contribution in [1.82, 2.24) is 19.6 Å². The van der Waals surface area contributed by atoms with Gasteiger partial charge in [0.05, 0.1) is 36.8 Å². The van der Waals surface area contributed by atoms with Crippen LogP contribution in [0.1, 0.15) is 35.3 Å². The van der Waals surface area contributed by atoms with E-state index in [1.807, 2.05) is 0 Å². The van der Waals surface area contributed by atoms with Crippen LogP contribution in [0.2, 0.25) is 10.2 Å². The van der Waals surface area contributed by atoms with Crippen molar-refractivity contribution in [2.45, 2.75) is 25.8 Å². The van der Waals surface area contributed by atoms with Crippen molar-refractivity contribution in [3.05, 3.63) is 92.3 Å². The van der Waals surface area contributed by atoms with Gasteiger partial charge in [-0.05, 0) is 42.3 Å². The van der Waals surface area contributed by atoms with E-state index in [0.29, 0.717) is 39.6 Å². The predicted molar refractivity (Wildman–Crippen MR) is 141 cm³/mol. The Morgan fingerprint density at radius 3 is 2.47 bits per heavy atom. The zero-order chi connectivity index (χ0) is 27.6. The Labute approximate surface area is 226 Å². The van der Waals surface area contributed by atoms with E-state index < -0.39 is 23.3 Å². The Morgan fingerprint density at radius 1 is 1.11 bits per heavy atom. The maximum absolute atomic E-state index is 14.2. The highest BCUT2D eigenvalue weighted by Gasteiger charge is 2.24. The first-order valence-electron chi connectivity index (χ1n) is 11.4. The number of primary amides is 1. The van der Waals surface area contributed by atoms with Crippen molar-refractivity contribution in [1.29, 1.82) is 0 Å². The summed E-state index contributed by atoms with van der Waals surface area (Å²) >= 11 is 12.2. The number of Topliss-reactive ketones (excluding diaryl/α,β-unsaturated/α-hetero) is 1. The molecule has 0 fully saturated rings. The lowest BCUT2D eigenvalue weighted by atomic mass is 9.99. The number of rotatable bonds is 9. The fraction of sp³-hybridized carbons (Fsp3) is 0.192. The smallest absolute Gasteiger partial charge is 0.252 e. The molecule has 2 N–H and O–H groups in total. The number of benzene rings is 2. The molecule has 1 amide bonds. The average molecular weight is 558 g/mol. The van der Waals surface area contributed by atoms with Gasteiger partial charge in [0.1, 0.15) is 11.6 Å². The molecule has 0 aliphatic rings. The molecule has 2 aromatic carbocycles. The minimum absolute atomic E-state index is 0.156. The third-order valence-electron chi connectivity index (χ3n) is 6.00. The van der Waals surface area contributed by atoms with Crippen molar-refractivity contribution in [3.8, 4) is 22.6 Å². The molecule has 196 valence electrons. The Balaban J connectivity index is 1.73. The molecule has 38 heavy (non-hydrogen) atoms. The Bertz CT molecular complexity index is 1600. The second-order valence-electron chi connectivity index (χ2n) is 8.39. The van der Waals surface area contributed by atoms with Crippen LogP contribution in [-0.2, 0) is 11.2 Å². The number of nitrogens with zero attached hydrogens (tertiary/aromatic N) is 4. The lowest BCUT2D eigenvalue weighted by Gasteiger charge is -2.20. The van der Waals surface area contributed by atoms with E-state index in [1.165, 1.54) is 47.0 Å². The van der Waals surface area contributed by atoms with E-state index in [1.54, 1.807) is 25.1 Å². The van der Waals surface area contributed by atoms with Gasteiger partial charge in [-0.25, -0.2) is 9.07 Å². The molecule has 0 bridgehead atoms. The highest BCUT2D eigenvalue weighted by atomic mass is 35.5. The number of methoxy groups -OCH3 is 1. The number of aromatic nitrogens is 4. The highest BCUT2D eigenvalue weighted by molar-refractivity contribution is 6.31. The third kappa shape index (κ3) is 5.46. The van der Waals surface area contributed by atoms with E-state index in [4.69, 9.17) is 33.7 Å². The van der Waals surface area contributed by atoms with E-state index in [-0.39, 0.29) is 22.9 Å². The van der Waals surface area contributed by atoms with Crippen molar-refractivity contribution in [2.75, 3.05) is 7.11 Å². The summed E-state index contributed by atoms with van der Waals surface area (Å²) in [6, 6.07) is 9.30. The normalized spacial score (nSPS) is 11.8. The first-order valence-corrected chi connectivity index (χ1v) is 12.2. The van der Waals surface area contributed by atoms with Crippen LogP contribution in [0.4, 0.5) is 4.39 Å². The molecule has 0 saturated carbocycles. The largest absolute Gasteiger partial charge is 0.495 e. The topological polar surface area (TPSA) is 122 Å². The van der Waals surface area contributed by atoms with Gasteiger partial charge in [-0.2, -0.15) is 0 Å². The molecule has 0 unspecified atom stereocenters. The predicted octanol–water partition coefficient (Wildman–Crippen LogP) is 4.41. The van der Waals surface area contributed by atoms with Crippen molar-refractivity contribution in [3.63, 3.8) is 0 Å². The Kier molecular flexibility index (Phi) is 7.94. The van der Waals surface area contributed by atoms with Gasteiger partial charge < -0.3 is 15.0 Å². The molecule has 4 rings (SSSR count). The molecule has 9 nitrogen and oxygen atoms in total. The quantitative estimate of drug-likeness (QED) is 0.325. The van der Waals surface area contributed by atoms with Gasteiger partial charge >= 0.3 is 0 Å². The van der Waals surface area contributed by atoms with Gasteiger partial charge in [-0.1, -0.05) is 41.4 Å². The van der Waals surface area contributed by atoms with Crippen LogP contribution in [0.15, 0.2) is 59.7 Å². The van der Waals surface area contributed by atoms with Crippen LogP contribution in [-0.4, -0.2) is 38.4 Å². The molecule has 12 heteroatoms. The number of ketones is 1. The van der Waals surface area contributed by atoms with Crippen LogP contribution in [0.3, 0.4) is 0 Å². The molecule has 0 saturated heterocycles. The molecule has 0 aliphatic carbocycles. The fourth-order valence-corrected chi connectivity index (χ4v) is 4.50. The van der Waals surface area contributed by atoms with E-state index >= 15 is 0 Å². The molecular weight excluding hydrogens is 536 g/mol. The number of carbonyl (C=O) groups excluding carboxylic acids is 2. The number of amides is 1. The van der Waals surface area contributed by atoms with E-state index in [0.717, 1.165) is 6.07 Å². The summed E-state index contributed by atoms with van der Waals surface area (Å²) < 4.78 is 22.5. The number of carbonyl (C=O) groups is 2. The molecule has 2 heterocycles. The molecular formula is C26H22Cl2FN5O4. The summed E-state index contributed by atoms with van der Waals surface area (Å²) in [5.41, 5.74) is 6.27. The number of hydrogen-bond acceptors (Lipinski definition) is 6. The van der Waals surface area contributed by atoms with Gasteiger partial charge in [-0.3, -0.25) is 14.4 Å². The van der Waals surface area contributed by atoms with Crippen molar-refractivity contribution in [2.24, 2.45) is 5.73 Å². The third-order valence-corrected chi connectivity index (χ3v) is 6.40. The molecule has 0 aliphatic heterocycles. The van der Waals surface area contributed by atoms with Gasteiger partial charge in [-0.15, -0.1) is 5.10 Å². The summed E-state index contributed by atoms with van der Waals surface area (Å²) in [5, 5.41) is 8.39. The maximum atomic E-state index is 14.2. The summed E-state index contributed by atoms with van der Waals surface area (Å²) in [7, 11) is 1.44. The number of hydrogen-bond donors (Lipinski definition) is 1. The zero-order valence-corrected chi connectivity index (χ0v) is 21.8. The number of ether oxygens (including phenoxy) is 1. The van der Waals surface area contributed by atoms with Gasteiger partial charge in [0.2, 0.25) is 0 Å². The van der Waals surface area contributed by atoms with E-state index in [2.05, 4.69) is 10.3 Å². The monoisotopic (exact) mass is 557 g/mol. The molecule has 4 aromatic rings. The molecule has 0 spiro atoms. The zero-order valence-electron chi connectivity index (χ0n) is 20.3. The van der Waals surface area contributed by atoms with Crippen molar-refractivity contribution >= 4 is 34.9 Å². The average Bonchev–Trinajstić information content (AvgIpc) is 3.30. The van der Waals surface area contributed by atoms with Gasteiger partial charge in [0, 0.05) is 28.6 Å². The van der Waals surface area contributed by atoms with Crippen LogP contribution in [0.25, 0.3) is 16.8 Å². The Hall–Kier alpha value is -4.02. The summed E-state index contributed by atoms with van der Waals surface area (Å²) in [6.45, 7) is 1.76. The van der Waals surface area contributed by atoms with Crippen molar-refractivity contribution < 1.29 is 18.7 Å². The maximum Gasteiger partial charge on any atom is 0.252 e. The SMILES string of the molecule is CC[C@@H](C(=O)Cc1ccc(C(N)=O)c(F)c1)n1cc(OC)c(-c2cc(Cl)ccc2-n2cc(Cl)nn2)cc1=O. The Morgan fingerprint density at radius 2 is 1.87 bits per heavy atom. The lowest BCUT2D eigenvalue weighted by Crippen LogP contribution is -2.30. The number of halogens is 3. The van der Waals surface area contributed by atoms with Crippen LogP contribution < -0.4 is 16.0 Å². The molecule has 0 radical (unpaired) electrons. The van der Waals surface area contributed by atoms with Crippen LogP contribution >= 0.6 is 23.2 Å². The first-order chi connectivity index (χ1) is 18.1. The second-order valence-corrected chi connectivity index (χ2v) is 9.22. The van der Waals surface area contributed by atoms with Gasteiger partial charge in [0.15, 0.2) is 10.9 Å². The summed E-state index contributed by atoms with van der Waals surface area (Å²) in [5.74, 6) is -1.73. The molecule has 1 atom stereocenters. The van der Waals surface area contributed by atoms with Crippen LogP contribution in [0.5, 0.6) is 5.75 Å². The minimum atomic E-state index is -0.902. The number of nitrogens with two attached hydrogens (primary N) is 1. The standard InChI is InChI=1S/C26H22Cl2FN5O4/c1-3-20(22(35)9-14-4-6-16(26(30)37)19(29)8-14)33-12-23(38-2)18(11-25(33)36)17-10-15(27)5-7-21(17)34-13-24(28)31-32-34/h4-8,10-13,20H,3,9H2,1-2H3,(H2,30,37)/t20-/m0/s1. The van der Waals surface area contributed by atoms with E-state index in [9.17, 15) is 18.8 Å². The minimum Gasteiger partial charge on any atom is -0.495 e. The second kappa shape index (κ2) is 11.2. The van der Waals surface area contributed by atoms with Gasteiger partial charge in [0.25, 0.3) is 11.5 Å². The molecule has 2 aromatic heterocycles. The highest BCUT2D eigenvalue weighted by Crippen LogP contribution is 2.35. The van der Waals surface area contributed by atoms with Crippen LogP contribution in [0, 0.1) is 5.82 Å². The summed E-state index contributed by atoms with van der Waals surface area (Å²) in [6.07, 6.45) is 3.10. The summed E-state index contributed by atoms with van der Waals surface area (Å²) in [4.78, 5) is 37.8. The first kappa shape index (κ1) is 27.0. The lowest BCUT2D eigenvalue weighted by molar-refractivity contribution is -0.121. The fourth-order valence-electron chi connectivity index (χ4n) is 4.20.